The van der Waals surface area contributed by atoms with Crippen molar-refractivity contribution < 1.29 is 13.2 Å². The second-order valence-electron chi connectivity index (χ2n) is 5.11. The minimum atomic E-state index is -3.72. The number of carbonyl (C=O) groups excluding carboxylic acids is 1. The molecule has 0 atom stereocenters. The van der Waals surface area contributed by atoms with Crippen molar-refractivity contribution in [3.8, 4) is 0 Å². The molecule has 0 amide bonds. The highest BCUT2D eigenvalue weighted by atomic mass is 79.9. The number of allylic oxidation sites excluding steroid dienone is 1. The zero-order chi connectivity index (χ0) is 18.3. The molecule has 0 bridgehead atoms. The van der Waals surface area contributed by atoms with Crippen LogP contribution >= 0.6 is 31.9 Å². The quantitative estimate of drug-likeness (QED) is 0.593. The minimum absolute atomic E-state index is 0.493. The van der Waals surface area contributed by atoms with E-state index in [-0.39, 0.29) is 0 Å². The Morgan fingerprint density at radius 3 is 1.88 bits per heavy atom. The van der Waals surface area contributed by atoms with Crippen LogP contribution in [0.15, 0.2) is 69.8 Å². The molecule has 0 aromatic heterocycles. The molecule has 0 radical (unpaired) electrons. The van der Waals surface area contributed by atoms with Gasteiger partial charge >= 0.3 is 0 Å². The van der Waals surface area contributed by atoms with Crippen molar-refractivity contribution in [3.63, 3.8) is 0 Å². The summed E-state index contributed by atoms with van der Waals surface area (Å²) >= 11 is 6.65. The van der Waals surface area contributed by atoms with Gasteiger partial charge in [0.15, 0.2) is 5.78 Å². The molecule has 0 aliphatic rings. The minimum Gasteiger partial charge on any atom is -0.294 e. The SMILES string of the molecule is O=C(C=Cc1ccc(Br)cc1)CS(=O)(=O)NC=Cc1ccc(Br)cc1. The van der Waals surface area contributed by atoms with Gasteiger partial charge in [-0.3, -0.25) is 9.52 Å². The van der Waals surface area contributed by atoms with Gasteiger partial charge in [0.1, 0.15) is 5.75 Å². The van der Waals surface area contributed by atoms with Crippen LogP contribution in [0.5, 0.6) is 0 Å². The molecule has 2 aromatic rings. The summed E-state index contributed by atoms with van der Waals surface area (Å²) in [7, 11) is -3.72. The molecule has 7 heteroatoms. The molecule has 1 N–H and O–H groups in total. The predicted octanol–water partition coefficient (Wildman–Crippen LogP) is 4.38. The Hall–Kier alpha value is -1.70. The number of sulfonamides is 1. The van der Waals surface area contributed by atoms with Crippen molar-refractivity contribution in [2.45, 2.75) is 0 Å². The average molecular weight is 485 g/mol. The zero-order valence-electron chi connectivity index (χ0n) is 13.0. The van der Waals surface area contributed by atoms with Crippen LogP contribution in [-0.2, 0) is 14.8 Å². The number of carbonyl (C=O) groups is 1. The summed E-state index contributed by atoms with van der Waals surface area (Å²) in [4.78, 5) is 11.8. The molecular weight excluding hydrogens is 470 g/mol. The summed E-state index contributed by atoms with van der Waals surface area (Å²) < 4.78 is 28.0. The molecule has 0 fully saturated rings. The summed E-state index contributed by atoms with van der Waals surface area (Å²) in [6.45, 7) is 0. The third-order valence-corrected chi connectivity index (χ3v) is 5.27. The van der Waals surface area contributed by atoms with Crippen LogP contribution in [0.3, 0.4) is 0 Å². The van der Waals surface area contributed by atoms with Crippen LogP contribution in [-0.4, -0.2) is 20.0 Å². The summed E-state index contributed by atoms with van der Waals surface area (Å²) in [5.74, 6) is -1.10. The van der Waals surface area contributed by atoms with Crippen molar-refractivity contribution in [2.24, 2.45) is 0 Å². The first-order chi connectivity index (χ1) is 11.8. The van der Waals surface area contributed by atoms with Gasteiger partial charge in [-0.25, -0.2) is 8.42 Å². The van der Waals surface area contributed by atoms with Crippen LogP contribution < -0.4 is 4.72 Å². The Balaban J connectivity index is 1.90. The monoisotopic (exact) mass is 483 g/mol. The summed E-state index contributed by atoms with van der Waals surface area (Å²) in [6.07, 6.45) is 5.78. The predicted molar refractivity (Wildman–Crippen MR) is 108 cm³/mol. The molecule has 4 nitrogen and oxygen atoms in total. The fourth-order valence-electron chi connectivity index (χ4n) is 1.85. The van der Waals surface area contributed by atoms with Crippen molar-refractivity contribution in [1.82, 2.24) is 4.72 Å². The Kier molecular flexibility index (Phi) is 7.16. The molecule has 0 saturated carbocycles. The number of hydrogen-bond donors (Lipinski definition) is 1. The second kappa shape index (κ2) is 9.12. The highest BCUT2D eigenvalue weighted by molar-refractivity contribution is 9.10. The zero-order valence-corrected chi connectivity index (χ0v) is 17.0. The van der Waals surface area contributed by atoms with Crippen molar-refractivity contribution in [2.75, 3.05) is 5.75 Å². The summed E-state index contributed by atoms with van der Waals surface area (Å²) in [6, 6.07) is 14.7. The lowest BCUT2D eigenvalue weighted by atomic mass is 10.2. The number of benzene rings is 2. The van der Waals surface area contributed by atoms with E-state index in [9.17, 15) is 13.2 Å². The normalized spacial score (nSPS) is 11.9. The van der Waals surface area contributed by atoms with Gasteiger partial charge in [-0.1, -0.05) is 62.2 Å². The van der Waals surface area contributed by atoms with E-state index in [1.807, 2.05) is 48.5 Å². The highest BCUT2D eigenvalue weighted by Crippen LogP contribution is 2.12. The van der Waals surface area contributed by atoms with E-state index in [4.69, 9.17) is 0 Å². The number of halogens is 2. The lowest BCUT2D eigenvalue weighted by molar-refractivity contribution is -0.112. The standard InChI is InChI=1S/C18H15Br2NO3S/c19-16-6-1-14(2-7-16)5-10-18(22)13-25(23,24)21-12-11-15-3-8-17(20)9-4-15/h1-12,21H,13H2. The van der Waals surface area contributed by atoms with Crippen LogP contribution in [0.4, 0.5) is 0 Å². The number of rotatable bonds is 7. The van der Waals surface area contributed by atoms with E-state index >= 15 is 0 Å². The summed E-state index contributed by atoms with van der Waals surface area (Å²) in [5, 5.41) is 0. The molecule has 25 heavy (non-hydrogen) atoms. The van der Waals surface area contributed by atoms with Crippen molar-refractivity contribution in [1.29, 1.82) is 0 Å². The molecule has 0 heterocycles. The van der Waals surface area contributed by atoms with Gasteiger partial charge in [-0.05, 0) is 47.5 Å². The first-order valence-corrected chi connectivity index (χ1v) is 10.5. The van der Waals surface area contributed by atoms with Gasteiger partial charge in [-0.2, -0.15) is 0 Å². The fraction of sp³-hybridized carbons (Fsp3) is 0.0556. The van der Waals surface area contributed by atoms with E-state index in [1.54, 1.807) is 12.2 Å². The van der Waals surface area contributed by atoms with Crippen molar-refractivity contribution in [3.05, 3.63) is 80.9 Å². The fourth-order valence-corrected chi connectivity index (χ4v) is 3.21. The first kappa shape index (κ1) is 19.6. The lowest BCUT2D eigenvalue weighted by Gasteiger charge is -2.01. The van der Waals surface area contributed by atoms with Gasteiger partial charge in [-0.15, -0.1) is 0 Å². The molecule has 2 aromatic carbocycles. The first-order valence-electron chi connectivity index (χ1n) is 7.23. The van der Waals surface area contributed by atoms with E-state index in [0.29, 0.717) is 0 Å². The molecule has 0 aliphatic heterocycles. The Labute approximate surface area is 164 Å². The molecule has 2 rings (SSSR count). The number of hydrogen-bond acceptors (Lipinski definition) is 3. The maximum Gasteiger partial charge on any atom is 0.239 e. The van der Waals surface area contributed by atoms with E-state index in [2.05, 4.69) is 36.6 Å². The molecule has 0 unspecified atom stereocenters. The Morgan fingerprint density at radius 2 is 1.36 bits per heavy atom. The van der Waals surface area contributed by atoms with Crippen LogP contribution in [0.2, 0.25) is 0 Å². The van der Waals surface area contributed by atoms with Gasteiger partial charge < -0.3 is 0 Å². The third kappa shape index (κ3) is 7.37. The largest absolute Gasteiger partial charge is 0.294 e. The van der Waals surface area contributed by atoms with E-state index in [1.165, 1.54) is 12.3 Å². The molecule has 0 saturated heterocycles. The van der Waals surface area contributed by atoms with Gasteiger partial charge in [0.2, 0.25) is 10.0 Å². The van der Waals surface area contributed by atoms with Crippen molar-refractivity contribution >= 4 is 59.8 Å². The smallest absolute Gasteiger partial charge is 0.239 e. The van der Waals surface area contributed by atoms with Gasteiger partial charge in [0.25, 0.3) is 0 Å². The van der Waals surface area contributed by atoms with E-state index in [0.717, 1.165) is 20.1 Å². The Morgan fingerprint density at radius 1 is 0.880 bits per heavy atom. The number of ketones is 1. The van der Waals surface area contributed by atoms with Crippen LogP contribution in [0.1, 0.15) is 11.1 Å². The van der Waals surface area contributed by atoms with E-state index < -0.39 is 21.6 Å². The lowest BCUT2D eigenvalue weighted by Crippen LogP contribution is -2.25. The molecular formula is C18H15Br2NO3S. The second-order valence-corrected chi connectivity index (χ2v) is 8.70. The average Bonchev–Trinajstić information content (AvgIpc) is 2.55. The number of nitrogens with one attached hydrogen (secondary N) is 1. The molecule has 130 valence electrons. The topological polar surface area (TPSA) is 63.2 Å². The third-order valence-electron chi connectivity index (χ3n) is 3.06. The van der Waals surface area contributed by atoms with Gasteiger partial charge in [0.05, 0.1) is 0 Å². The Bertz CT molecular complexity index is 887. The highest BCUT2D eigenvalue weighted by Gasteiger charge is 2.12. The van der Waals surface area contributed by atoms with Gasteiger partial charge in [0, 0.05) is 15.1 Å². The molecule has 0 aliphatic carbocycles. The summed E-state index contributed by atoms with van der Waals surface area (Å²) in [5.41, 5.74) is 1.66. The van der Waals surface area contributed by atoms with Crippen LogP contribution in [0.25, 0.3) is 12.2 Å². The maximum absolute atomic E-state index is 11.9. The maximum atomic E-state index is 11.9. The van der Waals surface area contributed by atoms with Crippen LogP contribution in [0, 0.1) is 0 Å². The molecule has 0 spiro atoms.